The van der Waals surface area contributed by atoms with Crippen molar-refractivity contribution < 1.29 is 13.2 Å². The number of amides is 1. The maximum atomic E-state index is 12.1. The highest BCUT2D eigenvalue weighted by Crippen LogP contribution is 2.18. The molecule has 0 spiro atoms. The minimum Gasteiger partial charge on any atom is -0.338 e. The first kappa shape index (κ1) is 16.4. The van der Waals surface area contributed by atoms with Crippen LogP contribution in [0.5, 0.6) is 0 Å². The number of carbonyl (C=O) groups excluding carboxylic acids is 1. The quantitative estimate of drug-likeness (QED) is 0.643. The van der Waals surface area contributed by atoms with Crippen LogP contribution in [0.2, 0.25) is 0 Å². The molecule has 1 amide bonds. The van der Waals surface area contributed by atoms with Crippen LogP contribution in [0.15, 0.2) is 0 Å². The average Bonchev–Trinajstić information content (AvgIpc) is 2.36. The second-order valence-electron chi connectivity index (χ2n) is 5.06. The van der Waals surface area contributed by atoms with Gasteiger partial charge in [0.25, 0.3) is 0 Å². The molecule has 0 aromatic rings. The van der Waals surface area contributed by atoms with Gasteiger partial charge in [-0.05, 0) is 39.3 Å². The lowest BCUT2D eigenvalue weighted by atomic mass is 10.0. The third-order valence-electron chi connectivity index (χ3n) is 3.35. The van der Waals surface area contributed by atoms with Crippen LogP contribution < -0.4 is 10.0 Å². The lowest BCUT2D eigenvalue weighted by molar-refractivity contribution is -0.134. The topological polar surface area (TPSA) is 78.5 Å². The molecule has 1 fully saturated rings. The molecule has 1 saturated heterocycles. The summed E-state index contributed by atoms with van der Waals surface area (Å²) in [7, 11) is -1.33. The number of piperidine rings is 1. The molecule has 19 heavy (non-hydrogen) atoms. The van der Waals surface area contributed by atoms with Gasteiger partial charge in [-0.3, -0.25) is 4.79 Å². The van der Waals surface area contributed by atoms with E-state index in [1.165, 1.54) is 0 Å². The number of nitrogens with zero attached hydrogens (tertiary/aromatic N) is 1. The molecule has 0 bridgehead atoms. The predicted octanol–water partition coefficient (Wildman–Crippen LogP) is -0.0837. The van der Waals surface area contributed by atoms with Gasteiger partial charge >= 0.3 is 0 Å². The van der Waals surface area contributed by atoms with Crippen LogP contribution in [0.1, 0.15) is 32.1 Å². The fourth-order valence-electron chi connectivity index (χ4n) is 2.35. The Bertz CT molecular complexity index is 384. The predicted molar refractivity (Wildman–Crippen MR) is 75.4 cm³/mol. The van der Waals surface area contributed by atoms with E-state index in [0.29, 0.717) is 13.0 Å². The van der Waals surface area contributed by atoms with E-state index in [4.69, 9.17) is 0 Å². The molecule has 1 heterocycles. The fraction of sp³-hybridized carbons (Fsp3) is 0.917. The Hall–Kier alpha value is -0.660. The van der Waals surface area contributed by atoms with Crippen molar-refractivity contribution in [2.24, 2.45) is 0 Å². The normalized spacial score (nSPS) is 20.5. The first-order valence-electron chi connectivity index (χ1n) is 6.83. The average molecular weight is 291 g/mol. The van der Waals surface area contributed by atoms with Crippen LogP contribution in [0, 0.1) is 0 Å². The van der Waals surface area contributed by atoms with Crippen molar-refractivity contribution in [2.45, 2.75) is 38.1 Å². The van der Waals surface area contributed by atoms with Gasteiger partial charge in [-0.2, -0.15) is 0 Å². The SMILES string of the molecule is CNCCCC(=O)N1CCCCC1CNS(C)(=O)=O. The summed E-state index contributed by atoms with van der Waals surface area (Å²) in [6, 6.07) is 0.00515. The molecule has 2 N–H and O–H groups in total. The number of nitrogens with one attached hydrogen (secondary N) is 2. The summed E-state index contributed by atoms with van der Waals surface area (Å²) in [6.07, 6.45) is 5.42. The van der Waals surface area contributed by atoms with Gasteiger partial charge in [0, 0.05) is 25.6 Å². The molecular formula is C12H25N3O3S. The zero-order chi connectivity index (χ0) is 14.3. The van der Waals surface area contributed by atoms with Crippen molar-refractivity contribution in [1.29, 1.82) is 0 Å². The zero-order valence-corrected chi connectivity index (χ0v) is 12.6. The molecule has 0 radical (unpaired) electrons. The molecule has 1 aliphatic heterocycles. The number of carbonyl (C=O) groups is 1. The van der Waals surface area contributed by atoms with Gasteiger partial charge < -0.3 is 10.2 Å². The lowest BCUT2D eigenvalue weighted by Gasteiger charge is -2.36. The fourth-order valence-corrected chi connectivity index (χ4v) is 2.84. The van der Waals surface area contributed by atoms with Crippen molar-refractivity contribution in [3.63, 3.8) is 0 Å². The van der Waals surface area contributed by atoms with E-state index in [0.717, 1.165) is 45.0 Å². The van der Waals surface area contributed by atoms with Crippen LogP contribution in [0.25, 0.3) is 0 Å². The van der Waals surface area contributed by atoms with Gasteiger partial charge in [0.05, 0.1) is 6.26 Å². The molecule has 112 valence electrons. The van der Waals surface area contributed by atoms with Crippen molar-refractivity contribution in [3.05, 3.63) is 0 Å². The van der Waals surface area contributed by atoms with Crippen molar-refractivity contribution in [1.82, 2.24) is 14.9 Å². The third-order valence-corrected chi connectivity index (χ3v) is 4.04. The van der Waals surface area contributed by atoms with E-state index in [1.54, 1.807) is 0 Å². The van der Waals surface area contributed by atoms with Gasteiger partial charge in [-0.1, -0.05) is 0 Å². The molecule has 1 aliphatic rings. The van der Waals surface area contributed by atoms with E-state index in [2.05, 4.69) is 10.0 Å². The second kappa shape index (κ2) is 7.81. The minimum atomic E-state index is -3.19. The number of rotatable bonds is 7. The van der Waals surface area contributed by atoms with E-state index in [-0.39, 0.29) is 11.9 Å². The van der Waals surface area contributed by atoms with Crippen LogP contribution >= 0.6 is 0 Å². The summed E-state index contributed by atoms with van der Waals surface area (Å²) in [5.41, 5.74) is 0. The molecular weight excluding hydrogens is 266 g/mol. The van der Waals surface area contributed by atoms with Crippen LogP contribution in [0.3, 0.4) is 0 Å². The summed E-state index contributed by atoms with van der Waals surface area (Å²) < 4.78 is 24.8. The van der Waals surface area contributed by atoms with Gasteiger partial charge in [-0.15, -0.1) is 0 Å². The van der Waals surface area contributed by atoms with Gasteiger partial charge in [0.15, 0.2) is 0 Å². The minimum absolute atomic E-state index is 0.00515. The number of hydrogen-bond donors (Lipinski definition) is 2. The highest BCUT2D eigenvalue weighted by molar-refractivity contribution is 7.88. The van der Waals surface area contributed by atoms with Crippen LogP contribution in [-0.2, 0) is 14.8 Å². The Morgan fingerprint density at radius 1 is 1.37 bits per heavy atom. The van der Waals surface area contributed by atoms with Crippen LogP contribution in [-0.4, -0.2) is 58.2 Å². The summed E-state index contributed by atoms with van der Waals surface area (Å²) in [4.78, 5) is 14.0. The molecule has 7 heteroatoms. The summed E-state index contributed by atoms with van der Waals surface area (Å²) in [5, 5.41) is 3.02. The molecule has 1 rings (SSSR count). The van der Waals surface area contributed by atoms with Gasteiger partial charge in [-0.25, -0.2) is 13.1 Å². The standard InChI is InChI=1S/C12H25N3O3S/c1-13-8-5-7-12(16)15-9-4-3-6-11(15)10-14-19(2,17)18/h11,13-14H,3-10H2,1-2H3. The zero-order valence-electron chi connectivity index (χ0n) is 11.8. The Morgan fingerprint density at radius 3 is 2.74 bits per heavy atom. The Kier molecular flexibility index (Phi) is 6.74. The van der Waals surface area contributed by atoms with E-state index in [1.807, 2.05) is 11.9 Å². The van der Waals surface area contributed by atoms with Gasteiger partial charge in [0.1, 0.15) is 0 Å². The molecule has 0 saturated carbocycles. The summed E-state index contributed by atoms with van der Waals surface area (Å²) >= 11 is 0. The monoisotopic (exact) mass is 291 g/mol. The first-order valence-corrected chi connectivity index (χ1v) is 8.72. The van der Waals surface area contributed by atoms with Crippen LogP contribution in [0.4, 0.5) is 0 Å². The Labute approximate surface area is 116 Å². The molecule has 0 aromatic heterocycles. The van der Waals surface area contributed by atoms with E-state index >= 15 is 0 Å². The number of likely N-dealkylation sites (tertiary alicyclic amines) is 1. The third kappa shape index (κ3) is 6.35. The molecule has 6 nitrogen and oxygen atoms in total. The maximum absolute atomic E-state index is 12.1. The Balaban J connectivity index is 2.49. The highest BCUT2D eigenvalue weighted by atomic mass is 32.2. The molecule has 0 aliphatic carbocycles. The first-order chi connectivity index (χ1) is 8.94. The van der Waals surface area contributed by atoms with Crippen molar-refractivity contribution in [3.8, 4) is 0 Å². The van der Waals surface area contributed by atoms with Crippen molar-refractivity contribution in [2.75, 3.05) is 32.9 Å². The molecule has 1 atom stereocenters. The number of sulfonamides is 1. The smallest absolute Gasteiger partial charge is 0.222 e. The second-order valence-corrected chi connectivity index (χ2v) is 6.90. The van der Waals surface area contributed by atoms with Crippen molar-refractivity contribution >= 4 is 15.9 Å². The highest BCUT2D eigenvalue weighted by Gasteiger charge is 2.26. The van der Waals surface area contributed by atoms with E-state index in [9.17, 15) is 13.2 Å². The lowest BCUT2D eigenvalue weighted by Crippen LogP contribution is -2.49. The molecule has 0 aromatic carbocycles. The largest absolute Gasteiger partial charge is 0.338 e. The maximum Gasteiger partial charge on any atom is 0.222 e. The summed E-state index contributed by atoms with van der Waals surface area (Å²) in [5.74, 6) is 0.134. The van der Waals surface area contributed by atoms with E-state index < -0.39 is 10.0 Å². The molecule has 1 unspecified atom stereocenters. The number of hydrogen-bond acceptors (Lipinski definition) is 4. The Morgan fingerprint density at radius 2 is 2.11 bits per heavy atom. The summed E-state index contributed by atoms with van der Waals surface area (Å²) in [6.45, 7) is 1.90. The van der Waals surface area contributed by atoms with Gasteiger partial charge in [0.2, 0.25) is 15.9 Å².